The molecule has 0 atom stereocenters. The van der Waals surface area contributed by atoms with E-state index in [1.807, 2.05) is 19.1 Å². The molecular formula is C21H24N6O4. The van der Waals surface area contributed by atoms with E-state index in [0.717, 1.165) is 5.56 Å². The smallest absolute Gasteiger partial charge is 0.292 e. The number of methoxy groups -OCH3 is 2. The van der Waals surface area contributed by atoms with Crippen LogP contribution in [0.1, 0.15) is 18.2 Å². The highest BCUT2D eigenvalue weighted by molar-refractivity contribution is 5.81. The van der Waals surface area contributed by atoms with E-state index in [4.69, 9.17) is 20.9 Å². The number of benzene rings is 2. The van der Waals surface area contributed by atoms with Gasteiger partial charge in [-0.1, -0.05) is 19.1 Å². The van der Waals surface area contributed by atoms with Crippen LogP contribution in [0.3, 0.4) is 0 Å². The molecule has 3 aromatic rings. The summed E-state index contributed by atoms with van der Waals surface area (Å²) in [5, 5.41) is 14.9. The molecule has 162 valence electrons. The van der Waals surface area contributed by atoms with Gasteiger partial charge in [-0.3, -0.25) is 10.1 Å². The molecule has 0 fully saturated rings. The van der Waals surface area contributed by atoms with E-state index in [2.05, 4.69) is 15.3 Å². The number of nitro benzene ring substituents is 1. The van der Waals surface area contributed by atoms with Gasteiger partial charge in [-0.15, -0.1) is 0 Å². The molecule has 3 rings (SSSR count). The largest absolute Gasteiger partial charge is 0.493 e. The van der Waals surface area contributed by atoms with Gasteiger partial charge < -0.3 is 26.3 Å². The molecule has 2 aromatic carbocycles. The van der Waals surface area contributed by atoms with Crippen molar-refractivity contribution in [2.24, 2.45) is 0 Å². The number of nitrogens with zero attached hydrogens (tertiary/aromatic N) is 3. The number of hydrogen-bond donors (Lipinski definition) is 3. The van der Waals surface area contributed by atoms with Crippen molar-refractivity contribution in [3.05, 3.63) is 57.8 Å². The average molecular weight is 424 g/mol. The molecule has 0 aliphatic heterocycles. The van der Waals surface area contributed by atoms with Crippen molar-refractivity contribution < 1.29 is 14.4 Å². The van der Waals surface area contributed by atoms with E-state index in [-0.39, 0.29) is 17.5 Å². The average Bonchev–Trinajstić information content (AvgIpc) is 2.76. The van der Waals surface area contributed by atoms with E-state index < -0.39 is 4.92 Å². The zero-order valence-electron chi connectivity index (χ0n) is 17.5. The fraction of sp³-hybridized carbons (Fsp3) is 0.238. The molecule has 0 bridgehead atoms. The van der Waals surface area contributed by atoms with Crippen molar-refractivity contribution in [3.8, 4) is 22.6 Å². The van der Waals surface area contributed by atoms with Crippen LogP contribution in [0.5, 0.6) is 11.5 Å². The molecule has 0 saturated carbocycles. The molecule has 0 aliphatic rings. The summed E-state index contributed by atoms with van der Waals surface area (Å²) in [6.07, 6.45) is 0.555. The maximum absolute atomic E-state index is 11.7. The molecule has 0 radical (unpaired) electrons. The van der Waals surface area contributed by atoms with Gasteiger partial charge in [0.15, 0.2) is 11.5 Å². The highest BCUT2D eigenvalue weighted by Crippen LogP contribution is 2.35. The lowest BCUT2D eigenvalue weighted by atomic mass is 10.0. The Morgan fingerprint density at radius 3 is 2.45 bits per heavy atom. The summed E-state index contributed by atoms with van der Waals surface area (Å²) in [5.74, 6) is 1.44. The Hall–Kier alpha value is -4.08. The van der Waals surface area contributed by atoms with Crippen LogP contribution >= 0.6 is 0 Å². The second kappa shape index (κ2) is 9.16. The summed E-state index contributed by atoms with van der Waals surface area (Å²) in [6.45, 7) is 2.26. The fourth-order valence-electron chi connectivity index (χ4n) is 3.29. The Labute approximate surface area is 179 Å². The Bertz CT molecular complexity index is 1120. The van der Waals surface area contributed by atoms with E-state index in [0.29, 0.717) is 47.0 Å². The van der Waals surface area contributed by atoms with Crippen LogP contribution in [0, 0.1) is 10.1 Å². The van der Waals surface area contributed by atoms with Crippen LogP contribution in [0.15, 0.2) is 36.4 Å². The minimum Gasteiger partial charge on any atom is -0.493 e. The molecule has 0 spiro atoms. The van der Waals surface area contributed by atoms with Gasteiger partial charge in [0, 0.05) is 18.2 Å². The lowest BCUT2D eigenvalue weighted by Crippen LogP contribution is -2.07. The minimum absolute atomic E-state index is 0.0702. The first-order valence-corrected chi connectivity index (χ1v) is 9.53. The molecule has 1 heterocycles. The first-order chi connectivity index (χ1) is 14.9. The third-order valence-corrected chi connectivity index (χ3v) is 4.78. The zero-order valence-corrected chi connectivity index (χ0v) is 17.5. The molecule has 0 amide bonds. The van der Waals surface area contributed by atoms with E-state index >= 15 is 0 Å². The number of nitro groups is 1. The Kier molecular flexibility index (Phi) is 6.39. The number of aryl methyl sites for hydroxylation is 1. The quantitative estimate of drug-likeness (QED) is 0.365. The lowest BCUT2D eigenvalue weighted by Gasteiger charge is -2.13. The van der Waals surface area contributed by atoms with Crippen molar-refractivity contribution in [1.29, 1.82) is 0 Å². The van der Waals surface area contributed by atoms with Gasteiger partial charge in [-0.2, -0.15) is 4.98 Å². The predicted molar refractivity (Wildman–Crippen MR) is 119 cm³/mol. The molecule has 0 unspecified atom stereocenters. The van der Waals surface area contributed by atoms with Crippen LogP contribution in [0.2, 0.25) is 0 Å². The summed E-state index contributed by atoms with van der Waals surface area (Å²) >= 11 is 0. The predicted octanol–water partition coefficient (Wildman–Crippen LogP) is 3.41. The fourth-order valence-corrected chi connectivity index (χ4v) is 3.29. The maximum atomic E-state index is 11.7. The molecule has 10 nitrogen and oxygen atoms in total. The van der Waals surface area contributed by atoms with Crippen molar-refractivity contribution >= 4 is 23.1 Å². The number of anilines is 3. The van der Waals surface area contributed by atoms with Gasteiger partial charge in [0.05, 0.1) is 24.8 Å². The van der Waals surface area contributed by atoms with Crippen LogP contribution in [-0.4, -0.2) is 29.1 Å². The van der Waals surface area contributed by atoms with Gasteiger partial charge in [0.1, 0.15) is 11.5 Å². The lowest BCUT2D eigenvalue weighted by molar-refractivity contribution is -0.383. The minimum atomic E-state index is -0.444. The number of aromatic nitrogens is 2. The van der Waals surface area contributed by atoms with Crippen LogP contribution in [-0.2, 0) is 13.0 Å². The third-order valence-electron chi connectivity index (χ3n) is 4.78. The first kappa shape index (κ1) is 21.6. The monoisotopic (exact) mass is 424 g/mol. The van der Waals surface area contributed by atoms with Gasteiger partial charge in [-0.05, 0) is 35.7 Å². The SMILES string of the molecule is CCc1nc(N)nc(N)c1-c1ccc(NCc2ccc(OC)c(OC)c2)c([N+](=O)[O-])c1. The van der Waals surface area contributed by atoms with Crippen LogP contribution < -0.4 is 26.3 Å². The highest BCUT2D eigenvalue weighted by atomic mass is 16.6. The Morgan fingerprint density at radius 2 is 1.81 bits per heavy atom. The van der Waals surface area contributed by atoms with Gasteiger partial charge in [0.25, 0.3) is 5.69 Å². The van der Waals surface area contributed by atoms with Gasteiger partial charge in [-0.25, -0.2) is 4.98 Å². The highest BCUT2D eigenvalue weighted by Gasteiger charge is 2.19. The van der Waals surface area contributed by atoms with Crippen molar-refractivity contribution in [2.45, 2.75) is 19.9 Å². The summed E-state index contributed by atoms with van der Waals surface area (Å²) in [6, 6.07) is 10.3. The molecule has 0 aliphatic carbocycles. The number of hydrogen-bond acceptors (Lipinski definition) is 9. The zero-order chi connectivity index (χ0) is 22.5. The normalized spacial score (nSPS) is 10.5. The molecule has 1 aromatic heterocycles. The Balaban J connectivity index is 1.93. The molecule has 5 N–H and O–H groups in total. The van der Waals surface area contributed by atoms with Crippen molar-refractivity contribution in [3.63, 3.8) is 0 Å². The first-order valence-electron chi connectivity index (χ1n) is 9.53. The van der Waals surface area contributed by atoms with Crippen LogP contribution in [0.25, 0.3) is 11.1 Å². The standard InChI is InChI=1S/C21H24N6O4/c1-4-14-19(20(22)26-21(23)25-14)13-6-7-15(16(10-13)27(28)29)24-11-12-5-8-17(30-2)18(9-12)31-3/h5-10,24H,4,11H2,1-3H3,(H4,22,23,25,26). The second-order valence-corrected chi connectivity index (χ2v) is 6.67. The molecule has 0 saturated heterocycles. The summed E-state index contributed by atoms with van der Waals surface area (Å²) in [7, 11) is 3.11. The third kappa shape index (κ3) is 4.58. The summed E-state index contributed by atoms with van der Waals surface area (Å²) < 4.78 is 10.5. The summed E-state index contributed by atoms with van der Waals surface area (Å²) in [4.78, 5) is 19.5. The number of nitrogen functional groups attached to an aromatic ring is 2. The number of nitrogens with two attached hydrogens (primary N) is 2. The number of rotatable bonds is 8. The van der Waals surface area contributed by atoms with E-state index in [1.165, 1.54) is 6.07 Å². The summed E-state index contributed by atoms with van der Waals surface area (Å²) in [5.41, 5.74) is 14.6. The van der Waals surface area contributed by atoms with Gasteiger partial charge >= 0.3 is 0 Å². The van der Waals surface area contributed by atoms with E-state index in [9.17, 15) is 10.1 Å². The maximum Gasteiger partial charge on any atom is 0.292 e. The number of ether oxygens (including phenoxy) is 2. The second-order valence-electron chi connectivity index (χ2n) is 6.67. The van der Waals surface area contributed by atoms with Crippen molar-refractivity contribution in [1.82, 2.24) is 9.97 Å². The van der Waals surface area contributed by atoms with E-state index in [1.54, 1.807) is 32.4 Å². The molecule has 10 heteroatoms. The molecule has 31 heavy (non-hydrogen) atoms. The Morgan fingerprint density at radius 1 is 1.06 bits per heavy atom. The molecular weight excluding hydrogens is 400 g/mol. The topological polar surface area (TPSA) is 151 Å². The van der Waals surface area contributed by atoms with Crippen LogP contribution in [0.4, 0.5) is 23.1 Å². The van der Waals surface area contributed by atoms with Gasteiger partial charge in [0.2, 0.25) is 5.95 Å². The number of nitrogens with one attached hydrogen (secondary N) is 1. The van der Waals surface area contributed by atoms with Crippen molar-refractivity contribution in [2.75, 3.05) is 31.0 Å².